The minimum Gasteiger partial charge on any atom is -0.236 e. The first kappa shape index (κ1) is 11.5. The molecule has 1 nitrogen and oxygen atoms in total. The van der Waals surface area contributed by atoms with Gasteiger partial charge in [0.05, 0.1) is 5.52 Å². The molecule has 3 aromatic rings. The molecular weight excluding hydrogens is 265 g/mol. The molecule has 0 spiro atoms. The first-order valence-corrected chi connectivity index (χ1v) is 6.31. The summed E-state index contributed by atoms with van der Waals surface area (Å²) >= 11 is 12.3. The number of benzene rings is 2. The number of rotatable bonds is 1. The largest absolute Gasteiger partial charge is 0.236 e. The normalized spacial score (nSPS) is 10.8. The standard InChI is InChI=1S/C15H9Cl2N/c16-13-7-3-1-5-10(13)12-9-15(17)18-14-8-4-2-6-11(12)14/h1-9H. The highest BCUT2D eigenvalue weighted by molar-refractivity contribution is 6.34. The average Bonchev–Trinajstić information content (AvgIpc) is 2.38. The molecule has 0 N–H and O–H groups in total. The SMILES string of the molecule is Clc1cc(-c2ccccc2Cl)c2ccccc2n1. The topological polar surface area (TPSA) is 12.9 Å². The number of pyridine rings is 1. The first-order valence-electron chi connectivity index (χ1n) is 5.56. The van der Waals surface area contributed by atoms with Crippen LogP contribution in [-0.2, 0) is 0 Å². The van der Waals surface area contributed by atoms with Crippen molar-refractivity contribution in [3.05, 3.63) is 64.8 Å². The van der Waals surface area contributed by atoms with E-state index in [0.717, 1.165) is 22.0 Å². The Morgan fingerprint density at radius 3 is 2.33 bits per heavy atom. The van der Waals surface area contributed by atoms with E-state index in [0.29, 0.717) is 10.2 Å². The molecule has 0 amide bonds. The maximum Gasteiger partial charge on any atom is 0.130 e. The van der Waals surface area contributed by atoms with Gasteiger partial charge in [-0.1, -0.05) is 59.6 Å². The van der Waals surface area contributed by atoms with Crippen LogP contribution in [-0.4, -0.2) is 4.98 Å². The second-order valence-corrected chi connectivity index (χ2v) is 4.78. The summed E-state index contributed by atoms with van der Waals surface area (Å²) in [6.07, 6.45) is 0. The van der Waals surface area contributed by atoms with E-state index in [4.69, 9.17) is 23.2 Å². The molecule has 0 radical (unpaired) electrons. The summed E-state index contributed by atoms with van der Waals surface area (Å²) in [6.45, 7) is 0. The molecule has 0 saturated carbocycles. The highest BCUT2D eigenvalue weighted by atomic mass is 35.5. The van der Waals surface area contributed by atoms with Crippen molar-refractivity contribution in [1.82, 2.24) is 4.98 Å². The lowest BCUT2D eigenvalue weighted by atomic mass is 10.0. The predicted octanol–water partition coefficient (Wildman–Crippen LogP) is 5.21. The number of hydrogen-bond donors (Lipinski definition) is 0. The molecule has 88 valence electrons. The van der Waals surface area contributed by atoms with Crippen molar-refractivity contribution in [1.29, 1.82) is 0 Å². The second-order valence-electron chi connectivity index (χ2n) is 3.99. The van der Waals surface area contributed by atoms with Crippen LogP contribution in [0.4, 0.5) is 0 Å². The van der Waals surface area contributed by atoms with E-state index in [1.54, 1.807) is 0 Å². The van der Waals surface area contributed by atoms with E-state index >= 15 is 0 Å². The molecule has 3 heteroatoms. The molecule has 0 aliphatic carbocycles. The zero-order valence-corrected chi connectivity index (χ0v) is 10.9. The van der Waals surface area contributed by atoms with Crippen molar-refractivity contribution in [2.24, 2.45) is 0 Å². The van der Waals surface area contributed by atoms with Crippen molar-refractivity contribution in [3.63, 3.8) is 0 Å². The van der Waals surface area contributed by atoms with E-state index in [1.807, 2.05) is 54.6 Å². The Balaban J connectivity index is 2.39. The Bertz CT molecular complexity index is 723. The van der Waals surface area contributed by atoms with Gasteiger partial charge in [-0.25, -0.2) is 4.98 Å². The van der Waals surface area contributed by atoms with Gasteiger partial charge in [0.15, 0.2) is 0 Å². The number of nitrogens with zero attached hydrogens (tertiary/aromatic N) is 1. The third-order valence-corrected chi connectivity index (χ3v) is 3.37. The second kappa shape index (κ2) is 4.60. The van der Waals surface area contributed by atoms with Crippen LogP contribution < -0.4 is 0 Å². The van der Waals surface area contributed by atoms with Gasteiger partial charge < -0.3 is 0 Å². The summed E-state index contributed by atoms with van der Waals surface area (Å²) in [5.74, 6) is 0. The van der Waals surface area contributed by atoms with E-state index in [1.165, 1.54) is 0 Å². The molecule has 1 aromatic heterocycles. The van der Waals surface area contributed by atoms with Crippen LogP contribution in [0.5, 0.6) is 0 Å². The molecule has 0 atom stereocenters. The van der Waals surface area contributed by atoms with Crippen LogP contribution >= 0.6 is 23.2 Å². The number of hydrogen-bond acceptors (Lipinski definition) is 1. The zero-order chi connectivity index (χ0) is 12.5. The lowest BCUT2D eigenvalue weighted by Gasteiger charge is -2.08. The summed E-state index contributed by atoms with van der Waals surface area (Å²) < 4.78 is 0. The minimum absolute atomic E-state index is 0.476. The Morgan fingerprint density at radius 1 is 0.778 bits per heavy atom. The Morgan fingerprint density at radius 2 is 1.50 bits per heavy atom. The van der Waals surface area contributed by atoms with E-state index < -0.39 is 0 Å². The Hall–Kier alpha value is -1.57. The summed E-state index contributed by atoms with van der Waals surface area (Å²) in [7, 11) is 0. The Kier molecular flexibility index (Phi) is 2.94. The fourth-order valence-corrected chi connectivity index (χ4v) is 2.48. The summed E-state index contributed by atoms with van der Waals surface area (Å²) in [5.41, 5.74) is 2.86. The van der Waals surface area contributed by atoms with Crippen molar-refractivity contribution in [2.45, 2.75) is 0 Å². The third kappa shape index (κ3) is 1.96. The molecule has 2 aromatic carbocycles. The van der Waals surface area contributed by atoms with Gasteiger partial charge in [-0.3, -0.25) is 0 Å². The third-order valence-electron chi connectivity index (χ3n) is 2.85. The van der Waals surface area contributed by atoms with Gasteiger partial charge in [-0.05, 0) is 23.8 Å². The van der Waals surface area contributed by atoms with Gasteiger partial charge in [-0.15, -0.1) is 0 Å². The van der Waals surface area contributed by atoms with Crippen molar-refractivity contribution in [3.8, 4) is 11.1 Å². The molecule has 0 unspecified atom stereocenters. The maximum atomic E-state index is 6.25. The molecule has 3 rings (SSSR count). The smallest absolute Gasteiger partial charge is 0.130 e. The van der Waals surface area contributed by atoms with Gasteiger partial charge in [-0.2, -0.15) is 0 Å². The predicted molar refractivity (Wildman–Crippen MR) is 77.2 cm³/mol. The number of para-hydroxylation sites is 1. The van der Waals surface area contributed by atoms with Crippen LogP contribution in [0, 0.1) is 0 Å². The lowest BCUT2D eigenvalue weighted by molar-refractivity contribution is 1.41. The highest BCUT2D eigenvalue weighted by Gasteiger charge is 2.09. The molecule has 0 bridgehead atoms. The zero-order valence-electron chi connectivity index (χ0n) is 9.40. The van der Waals surface area contributed by atoms with Crippen LogP contribution in [0.1, 0.15) is 0 Å². The number of halogens is 2. The molecule has 0 fully saturated rings. The van der Waals surface area contributed by atoms with E-state index in [9.17, 15) is 0 Å². The minimum atomic E-state index is 0.476. The van der Waals surface area contributed by atoms with Crippen molar-refractivity contribution < 1.29 is 0 Å². The summed E-state index contributed by atoms with van der Waals surface area (Å²) in [6, 6.07) is 17.5. The monoisotopic (exact) mass is 273 g/mol. The summed E-state index contributed by atoms with van der Waals surface area (Å²) in [4.78, 5) is 4.31. The van der Waals surface area contributed by atoms with Gasteiger partial charge in [0.1, 0.15) is 5.15 Å². The van der Waals surface area contributed by atoms with Crippen LogP contribution in [0.15, 0.2) is 54.6 Å². The average molecular weight is 274 g/mol. The van der Waals surface area contributed by atoms with Gasteiger partial charge in [0.2, 0.25) is 0 Å². The van der Waals surface area contributed by atoms with Gasteiger partial charge >= 0.3 is 0 Å². The quantitative estimate of drug-likeness (QED) is 0.555. The molecular formula is C15H9Cl2N. The van der Waals surface area contributed by atoms with Crippen molar-refractivity contribution in [2.75, 3.05) is 0 Å². The molecule has 18 heavy (non-hydrogen) atoms. The van der Waals surface area contributed by atoms with Gasteiger partial charge in [0, 0.05) is 16.0 Å². The fraction of sp³-hybridized carbons (Fsp3) is 0. The number of aromatic nitrogens is 1. The lowest BCUT2D eigenvalue weighted by Crippen LogP contribution is -1.86. The molecule has 1 heterocycles. The van der Waals surface area contributed by atoms with Crippen molar-refractivity contribution >= 4 is 34.1 Å². The van der Waals surface area contributed by atoms with Gasteiger partial charge in [0.25, 0.3) is 0 Å². The fourth-order valence-electron chi connectivity index (χ4n) is 2.05. The molecule has 0 saturated heterocycles. The van der Waals surface area contributed by atoms with E-state index in [2.05, 4.69) is 4.98 Å². The Labute approximate surface area is 115 Å². The first-order chi connectivity index (χ1) is 8.75. The highest BCUT2D eigenvalue weighted by Crippen LogP contribution is 2.34. The van der Waals surface area contributed by atoms with Crippen LogP contribution in [0.25, 0.3) is 22.0 Å². The molecule has 0 aliphatic rings. The van der Waals surface area contributed by atoms with E-state index in [-0.39, 0.29) is 0 Å². The summed E-state index contributed by atoms with van der Waals surface area (Å²) in [5, 5.41) is 2.24. The maximum absolute atomic E-state index is 6.25. The van der Waals surface area contributed by atoms with Crippen LogP contribution in [0.2, 0.25) is 10.2 Å². The molecule has 0 aliphatic heterocycles. The van der Waals surface area contributed by atoms with Crippen LogP contribution in [0.3, 0.4) is 0 Å². The number of fused-ring (bicyclic) bond motifs is 1.